The second-order valence-corrected chi connectivity index (χ2v) is 6.59. The fraction of sp³-hybridized carbons (Fsp3) is 0.136. The Morgan fingerprint density at radius 1 is 1.07 bits per heavy atom. The van der Waals surface area contributed by atoms with Crippen molar-refractivity contribution in [3.63, 3.8) is 0 Å². The van der Waals surface area contributed by atoms with Gasteiger partial charge in [0, 0.05) is 28.4 Å². The fourth-order valence-corrected chi connectivity index (χ4v) is 3.23. The van der Waals surface area contributed by atoms with E-state index in [9.17, 15) is 9.59 Å². The molecule has 2 aromatic carbocycles. The molecule has 0 aliphatic rings. The molecule has 0 amide bonds. The largest absolute Gasteiger partial charge is 0.451 e. The standard InChI is InChI=1S/C22H19N3O3/c1-14-20(18-10-6-7-11-19(18)24-14)21(26)15(2)28-22(27)16-12-23-25(13-16)17-8-4-3-5-9-17/h3-13,15,24H,1-2H3/t15-/m0/s1. The maximum atomic E-state index is 12.9. The van der Waals surface area contributed by atoms with Gasteiger partial charge in [-0.1, -0.05) is 36.4 Å². The van der Waals surface area contributed by atoms with Gasteiger partial charge in [0.05, 0.1) is 17.4 Å². The molecule has 28 heavy (non-hydrogen) atoms. The van der Waals surface area contributed by atoms with Crippen LogP contribution < -0.4 is 0 Å². The van der Waals surface area contributed by atoms with E-state index < -0.39 is 12.1 Å². The van der Waals surface area contributed by atoms with Crippen molar-refractivity contribution in [3.8, 4) is 5.69 Å². The summed E-state index contributed by atoms with van der Waals surface area (Å²) < 4.78 is 7.01. The lowest BCUT2D eigenvalue weighted by Crippen LogP contribution is -2.24. The summed E-state index contributed by atoms with van der Waals surface area (Å²) in [5, 5.41) is 5.01. The van der Waals surface area contributed by atoms with Gasteiger partial charge in [-0.25, -0.2) is 9.48 Å². The number of carbonyl (C=O) groups is 2. The number of Topliss-reactive ketones (excluding diaryl/α,β-unsaturated/α-hetero) is 1. The zero-order valence-electron chi connectivity index (χ0n) is 15.5. The van der Waals surface area contributed by atoms with Gasteiger partial charge in [0.2, 0.25) is 5.78 Å². The van der Waals surface area contributed by atoms with Gasteiger partial charge in [0.1, 0.15) is 0 Å². The summed E-state index contributed by atoms with van der Waals surface area (Å²) in [6, 6.07) is 17.0. The Bertz CT molecular complexity index is 1160. The van der Waals surface area contributed by atoms with Crippen LogP contribution in [-0.2, 0) is 4.74 Å². The Kier molecular flexibility index (Phi) is 4.53. The molecule has 4 rings (SSSR count). The molecule has 4 aromatic rings. The highest BCUT2D eigenvalue weighted by Crippen LogP contribution is 2.24. The van der Waals surface area contributed by atoms with Crippen LogP contribution in [0.2, 0.25) is 0 Å². The lowest BCUT2D eigenvalue weighted by Gasteiger charge is -2.12. The summed E-state index contributed by atoms with van der Waals surface area (Å²) in [5.41, 5.74) is 3.31. The average Bonchev–Trinajstić information content (AvgIpc) is 3.32. The Morgan fingerprint density at radius 2 is 1.79 bits per heavy atom. The van der Waals surface area contributed by atoms with Crippen LogP contribution in [0.15, 0.2) is 67.0 Å². The van der Waals surface area contributed by atoms with Crippen LogP contribution in [0, 0.1) is 6.92 Å². The van der Waals surface area contributed by atoms with Crippen molar-refractivity contribution >= 4 is 22.7 Å². The molecule has 0 spiro atoms. The normalized spacial score (nSPS) is 12.1. The predicted octanol–water partition coefficient (Wildman–Crippen LogP) is 4.09. The highest BCUT2D eigenvalue weighted by atomic mass is 16.5. The summed E-state index contributed by atoms with van der Waals surface area (Å²) >= 11 is 0. The number of carbonyl (C=O) groups excluding carboxylic acids is 2. The third-order valence-electron chi connectivity index (χ3n) is 4.63. The first kappa shape index (κ1) is 17.7. The Labute approximate surface area is 161 Å². The number of hydrogen-bond acceptors (Lipinski definition) is 4. The van der Waals surface area contributed by atoms with Gasteiger partial charge < -0.3 is 9.72 Å². The average molecular weight is 373 g/mol. The lowest BCUT2D eigenvalue weighted by molar-refractivity contribution is 0.0319. The first-order valence-corrected chi connectivity index (χ1v) is 8.97. The number of aryl methyl sites for hydroxylation is 1. The quantitative estimate of drug-likeness (QED) is 0.422. The molecule has 140 valence electrons. The number of ketones is 1. The van der Waals surface area contributed by atoms with Crippen molar-refractivity contribution < 1.29 is 14.3 Å². The summed E-state index contributed by atoms with van der Waals surface area (Å²) in [5.74, 6) is -0.820. The first-order chi connectivity index (χ1) is 13.5. The van der Waals surface area contributed by atoms with E-state index in [2.05, 4.69) is 10.1 Å². The number of aromatic nitrogens is 3. The van der Waals surface area contributed by atoms with E-state index in [-0.39, 0.29) is 5.78 Å². The van der Waals surface area contributed by atoms with Crippen LogP contribution in [0.3, 0.4) is 0 Å². The summed E-state index contributed by atoms with van der Waals surface area (Å²) in [7, 11) is 0. The van der Waals surface area contributed by atoms with E-state index in [1.54, 1.807) is 17.8 Å². The van der Waals surface area contributed by atoms with Gasteiger partial charge in [-0.15, -0.1) is 0 Å². The molecule has 1 atom stereocenters. The molecule has 0 radical (unpaired) electrons. The Hall–Kier alpha value is -3.67. The summed E-state index contributed by atoms with van der Waals surface area (Å²) in [4.78, 5) is 28.6. The van der Waals surface area contributed by atoms with E-state index in [1.165, 1.54) is 6.20 Å². The highest BCUT2D eigenvalue weighted by molar-refractivity contribution is 6.11. The van der Waals surface area contributed by atoms with Gasteiger partial charge in [-0.05, 0) is 32.0 Å². The van der Waals surface area contributed by atoms with E-state index in [1.807, 2.05) is 61.5 Å². The number of esters is 1. The van der Waals surface area contributed by atoms with Crippen LogP contribution in [0.25, 0.3) is 16.6 Å². The third-order valence-corrected chi connectivity index (χ3v) is 4.63. The third kappa shape index (κ3) is 3.20. The number of para-hydroxylation sites is 2. The second-order valence-electron chi connectivity index (χ2n) is 6.59. The zero-order valence-corrected chi connectivity index (χ0v) is 15.5. The van der Waals surface area contributed by atoms with E-state index >= 15 is 0 Å². The number of H-pyrrole nitrogens is 1. The number of aromatic amines is 1. The molecule has 0 aliphatic carbocycles. The molecule has 0 bridgehead atoms. The van der Waals surface area contributed by atoms with Crippen molar-refractivity contribution in [3.05, 3.63) is 83.8 Å². The van der Waals surface area contributed by atoms with Gasteiger partial charge in [-0.3, -0.25) is 4.79 Å². The monoisotopic (exact) mass is 373 g/mol. The molecule has 0 aliphatic heterocycles. The maximum Gasteiger partial charge on any atom is 0.342 e. The van der Waals surface area contributed by atoms with E-state index in [0.717, 1.165) is 22.3 Å². The van der Waals surface area contributed by atoms with Gasteiger partial charge >= 0.3 is 5.97 Å². The molecular weight excluding hydrogens is 354 g/mol. The number of benzene rings is 2. The number of nitrogens with one attached hydrogen (secondary N) is 1. The number of nitrogens with zero attached hydrogens (tertiary/aromatic N) is 2. The molecule has 0 saturated heterocycles. The zero-order chi connectivity index (χ0) is 19.7. The molecule has 0 unspecified atom stereocenters. The van der Waals surface area contributed by atoms with E-state index in [0.29, 0.717) is 11.1 Å². The minimum Gasteiger partial charge on any atom is -0.451 e. The first-order valence-electron chi connectivity index (χ1n) is 8.97. The van der Waals surface area contributed by atoms with E-state index in [4.69, 9.17) is 4.74 Å². The van der Waals surface area contributed by atoms with Gasteiger partial charge in [-0.2, -0.15) is 5.10 Å². The van der Waals surface area contributed by atoms with Crippen molar-refractivity contribution in [2.75, 3.05) is 0 Å². The number of rotatable bonds is 5. The van der Waals surface area contributed by atoms with Crippen LogP contribution in [0.5, 0.6) is 0 Å². The molecule has 1 N–H and O–H groups in total. The van der Waals surface area contributed by atoms with Gasteiger partial charge in [0.25, 0.3) is 0 Å². The van der Waals surface area contributed by atoms with Crippen molar-refractivity contribution in [2.45, 2.75) is 20.0 Å². The minimum atomic E-state index is -0.912. The van der Waals surface area contributed by atoms with Crippen LogP contribution in [-0.4, -0.2) is 32.6 Å². The fourth-order valence-electron chi connectivity index (χ4n) is 3.23. The summed E-state index contributed by atoms with van der Waals surface area (Å²) in [6.07, 6.45) is 2.11. The maximum absolute atomic E-state index is 12.9. The van der Waals surface area contributed by atoms with Crippen molar-refractivity contribution in [1.82, 2.24) is 14.8 Å². The lowest BCUT2D eigenvalue weighted by atomic mass is 10.0. The highest BCUT2D eigenvalue weighted by Gasteiger charge is 2.25. The van der Waals surface area contributed by atoms with Crippen LogP contribution in [0.4, 0.5) is 0 Å². The molecule has 0 saturated carbocycles. The second kappa shape index (κ2) is 7.15. The van der Waals surface area contributed by atoms with Crippen LogP contribution in [0.1, 0.15) is 33.3 Å². The smallest absolute Gasteiger partial charge is 0.342 e. The molecular formula is C22H19N3O3. The summed E-state index contributed by atoms with van der Waals surface area (Å²) in [6.45, 7) is 3.43. The van der Waals surface area contributed by atoms with Crippen molar-refractivity contribution in [1.29, 1.82) is 0 Å². The SMILES string of the molecule is Cc1[nH]c2ccccc2c1C(=O)[C@H](C)OC(=O)c1cnn(-c2ccccc2)c1. The topological polar surface area (TPSA) is 77.0 Å². The number of fused-ring (bicyclic) bond motifs is 1. The van der Waals surface area contributed by atoms with Gasteiger partial charge in [0.15, 0.2) is 6.10 Å². The molecule has 2 heterocycles. The Morgan fingerprint density at radius 3 is 2.57 bits per heavy atom. The molecule has 6 nitrogen and oxygen atoms in total. The number of hydrogen-bond donors (Lipinski definition) is 1. The molecule has 6 heteroatoms. The van der Waals surface area contributed by atoms with Crippen molar-refractivity contribution in [2.24, 2.45) is 0 Å². The minimum absolute atomic E-state index is 0.237. The Balaban J connectivity index is 1.52. The molecule has 2 aromatic heterocycles. The van der Waals surface area contributed by atoms with Crippen LogP contribution >= 0.6 is 0 Å². The molecule has 0 fully saturated rings. The number of ether oxygens (including phenoxy) is 1. The predicted molar refractivity (Wildman–Crippen MR) is 106 cm³/mol.